The molecule has 4 rings (SSSR count). The summed E-state index contributed by atoms with van der Waals surface area (Å²) in [6, 6.07) is 17.1. The Kier molecular flexibility index (Phi) is 8.33. The Morgan fingerprint density at radius 3 is 2.44 bits per heavy atom. The number of ether oxygens (including phenoxy) is 1. The van der Waals surface area contributed by atoms with Crippen LogP contribution in [0, 0.1) is 5.41 Å². The highest BCUT2D eigenvalue weighted by atomic mass is 35.5. The average molecular weight is 508 g/mol. The molecule has 3 aromatic rings. The number of carbonyl (C=O) groups excluding carboxylic acids is 3. The van der Waals surface area contributed by atoms with Gasteiger partial charge in [0, 0.05) is 36.1 Å². The lowest BCUT2D eigenvalue weighted by Crippen LogP contribution is -2.50. The van der Waals surface area contributed by atoms with Crippen molar-refractivity contribution in [2.24, 2.45) is 11.1 Å². The Labute approximate surface area is 215 Å². The molecular weight excluding hydrogens is 478 g/mol. The topological polar surface area (TPSA) is 103 Å². The van der Waals surface area contributed by atoms with E-state index in [4.69, 9.17) is 22.1 Å². The first kappa shape index (κ1) is 25.8. The van der Waals surface area contributed by atoms with Crippen molar-refractivity contribution >= 4 is 40.0 Å². The molecule has 0 saturated carbocycles. The summed E-state index contributed by atoms with van der Waals surface area (Å²) in [5.74, 6) is -0.568. The van der Waals surface area contributed by atoms with Crippen LogP contribution < -0.4 is 5.73 Å². The minimum absolute atomic E-state index is 0.0129. The van der Waals surface area contributed by atoms with Gasteiger partial charge in [-0.3, -0.25) is 19.4 Å². The third kappa shape index (κ3) is 6.09. The maximum absolute atomic E-state index is 13.5. The van der Waals surface area contributed by atoms with Gasteiger partial charge in [-0.15, -0.1) is 0 Å². The van der Waals surface area contributed by atoms with Crippen molar-refractivity contribution in [3.05, 3.63) is 77.1 Å². The summed E-state index contributed by atoms with van der Waals surface area (Å²) in [4.78, 5) is 44.3. The van der Waals surface area contributed by atoms with E-state index < -0.39 is 11.4 Å². The smallest absolute Gasteiger partial charge is 0.311 e. The van der Waals surface area contributed by atoms with E-state index in [2.05, 4.69) is 4.98 Å². The quantitative estimate of drug-likeness (QED) is 0.442. The molecule has 0 unspecified atom stereocenters. The zero-order chi connectivity index (χ0) is 25.5. The van der Waals surface area contributed by atoms with Gasteiger partial charge in [-0.05, 0) is 42.3 Å². The van der Waals surface area contributed by atoms with Crippen LogP contribution in [0.1, 0.15) is 30.5 Å². The van der Waals surface area contributed by atoms with E-state index in [9.17, 15) is 14.4 Å². The molecule has 1 fully saturated rings. The van der Waals surface area contributed by atoms with Gasteiger partial charge in [0.15, 0.2) is 0 Å². The van der Waals surface area contributed by atoms with Crippen LogP contribution in [-0.4, -0.2) is 53.8 Å². The van der Waals surface area contributed by atoms with E-state index in [1.165, 1.54) is 0 Å². The average Bonchev–Trinajstić information content (AvgIpc) is 2.91. The first-order valence-electron chi connectivity index (χ1n) is 12.1. The number of amides is 1. The number of Topliss-reactive ketones (excluding diaryl/α,β-unsaturated/α-hetero) is 1. The minimum Gasteiger partial charge on any atom is -0.464 e. The molecular formula is C28H30ClN3O4. The van der Waals surface area contributed by atoms with Gasteiger partial charge in [0.1, 0.15) is 12.4 Å². The number of ketones is 1. The van der Waals surface area contributed by atoms with Crippen LogP contribution in [0.25, 0.3) is 10.8 Å². The van der Waals surface area contributed by atoms with Crippen LogP contribution in [-0.2, 0) is 32.0 Å². The first-order chi connectivity index (χ1) is 17.4. The fraction of sp³-hybridized carbons (Fsp3) is 0.357. The lowest BCUT2D eigenvalue weighted by atomic mass is 9.73. The summed E-state index contributed by atoms with van der Waals surface area (Å²) >= 11 is 6.27. The second-order valence-corrected chi connectivity index (χ2v) is 9.65. The fourth-order valence-corrected chi connectivity index (χ4v) is 4.91. The zero-order valence-electron chi connectivity index (χ0n) is 20.1. The van der Waals surface area contributed by atoms with Crippen LogP contribution in [0.2, 0.25) is 5.02 Å². The number of aromatic nitrogens is 1. The first-order valence-corrected chi connectivity index (χ1v) is 12.5. The maximum atomic E-state index is 13.5. The summed E-state index contributed by atoms with van der Waals surface area (Å²) in [6.45, 7) is 0.710. The van der Waals surface area contributed by atoms with Gasteiger partial charge in [-0.1, -0.05) is 54.1 Å². The second-order valence-electron chi connectivity index (χ2n) is 9.24. The number of pyridine rings is 1. The number of esters is 1. The molecule has 8 heteroatoms. The van der Waals surface area contributed by atoms with Gasteiger partial charge in [-0.2, -0.15) is 0 Å². The zero-order valence-corrected chi connectivity index (χ0v) is 20.9. The molecule has 1 amide bonds. The largest absolute Gasteiger partial charge is 0.464 e. The number of hydrogen-bond acceptors (Lipinski definition) is 6. The van der Waals surface area contributed by atoms with Gasteiger partial charge in [-0.25, -0.2) is 0 Å². The molecule has 1 aliphatic heterocycles. The number of carbonyl (C=O) groups is 3. The van der Waals surface area contributed by atoms with Crippen molar-refractivity contribution < 1.29 is 19.1 Å². The molecule has 1 aliphatic rings. The Hall–Kier alpha value is -3.29. The van der Waals surface area contributed by atoms with Crippen molar-refractivity contribution in [1.82, 2.24) is 9.88 Å². The molecule has 7 nitrogen and oxygen atoms in total. The van der Waals surface area contributed by atoms with Gasteiger partial charge < -0.3 is 15.4 Å². The molecule has 1 aromatic heterocycles. The van der Waals surface area contributed by atoms with Crippen LogP contribution >= 0.6 is 11.6 Å². The van der Waals surface area contributed by atoms with E-state index >= 15 is 0 Å². The highest BCUT2D eigenvalue weighted by Crippen LogP contribution is 2.35. The maximum Gasteiger partial charge on any atom is 0.311 e. The Morgan fingerprint density at radius 1 is 1.03 bits per heavy atom. The third-order valence-corrected chi connectivity index (χ3v) is 7.31. The standard InChI is InChI=1S/C28H30ClN3O4/c29-24-8-4-3-5-20(24)9-10-25(33)28(11-13-32(14-12-28)26(34)17-30)19-36-27(35)16-23-15-21-6-1-2-7-22(21)18-31-23/h1-8,15,18H,9-14,16-17,19,30H2. The van der Waals surface area contributed by atoms with Crippen molar-refractivity contribution in [3.8, 4) is 0 Å². The number of halogens is 1. The Balaban J connectivity index is 1.43. The lowest BCUT2D eigenvalue weighted by molar-refractivity contribution is -0.154. The number of rotatable bonds is 9. The fourth-order valence-electron chi connectivity index (χ4n) is 4.67. The van der Waals surface area contributed by atoms with Gasteiger partial charge in [0.25, 0.3) is 0 Å². The molecule has 2 N–H and O–H groups in total. The Morgan fingerprint density at radius 2 is 1.72 bits per heavy atom. The SMILES string of the molecule is NCC(=O)N1CCC(COC(=O)Cc2cc3ccccc3cn2)(C(=O)CCc2ccccc2Cl)CC1. The third-order valence-electron chi connectivity index (χ3n) is 6.94. The molecule has 0 aliphatic carbocycles. The summed E-state index contributed by atoms with van der Waals surface area (Å²) in [7, 11) is 0. The molecule has 36 heavy (non-hydrogen) atoms. The minimum atomic E-state index is -0.848. The van der Waals surface area contributed by atoms with E-state index in [1.807, 2.05) is 48.5 Å². The van der Waals surface area contributed by atoms with E-state index in [0.717, 1.165) is 16.3 Å². The van der Waals surface area contributed by atoms with Crippen LogP contribution in [0.3, 0.4) is 0 Å². The number of nitrogens with zero attached hydrogens (tertiary/aromatic N) is 2. The van der Waals surface area contributed by atoms with E-state index in [-0.39, 0.29) is 37.7 Å². The number of benzene rings is 2. The van der Waals surface area contributed by atoms with Crippen LogP contribution in [0.4, 0.5) is 0 Å². The van der Waals surface area contributed by atoms with Crippen molar-refractivity contribution in [3.63, 3.8) is 0 Å². The van der Waals surface area contributed by atoms with Crippen molar-refractivity contribution in [1.29, 1.82) is 0 Å². The normalized spacial score (nSPS) is 15.0. The summed E-state index contributed by atoms with van der Waals surface area (Å²) in [5.41, 5.74) is 6.18. The molecule has 0 radical (unpaired) electrons. The molecule has 0 atom stereocenters. The van der Waals surface area contributed by atoms with Crippen LogP contribution in [0.15, 0.2) is 60.8 Å². The monoisotopic (exact) mass is 507 g/mol. The number of aryl methyl sites for hydroxylation is 1. The number of hydrogen-bond donors (Lipinski definition) is 1. The summed E-state index contributed by atoms with van der Waals surface area (Å²) < 4.78 is 5.67. The molecule has 188 valence electrons. The summed E-state index contributed by atoms with van der Waals surface area (Å²) in [5, 5.41) is 2.62. The summed E-state index contributed by atoms with van der Waals surface area (Å²) in [6.07, 6.45) is 3.37. The second kappa shape index (κ2) is 11.6. The van der Waals surface area contributed by atoms with Gasteiger partial charge >= 0.3 is 5.97 Å². The molecule has 0 spiro atoms. The van der Waals surface area contributed by atoms with E-state index in [0.29, 0.717) is 43.1 Å². The molecule has 1 saturated heterocycles. The van der Waals surface area contributed by atoms with Gasteiger partial charge in [0.05, 0.1) is 24.1 Å². The highest BCUT2D eigenvalue weighted by molar-refractivity contribution is 6.31. The molecule has 0 bridgehead atoms. The number of nitrogens with two attached hydrogens (primary N) is 1. The van der Waals surface area contributed by atoms with Gasteiger partial charge in [0.2, 0.25) is 5.91 Å². The molecule has 2 heterocycles. The van der Waals surface area contributed by atoms with Crippen molar-refractivity contribution in [2.75, 3.05) is 26.2 Å². The number of likely N-dealkylation sites (tertiary alicyclic amines) is 1. The van der Waals surface area contributed by atoms with Crippen LogP contribution in [0.5, 0.6) is 0 Å². The predicted octanol–water partition coefficient (Wildman–Crippen LogP) is 3.74. The van der Waals surface area contributed by atoms with E-state index in [1.54, 1.807) is 17.2 Å². The lowest BCUT2D eigenvalue weighted by Gasteiger charge is -2.40. The Bertz CT molecular complexity index is 1250. The van der Waals surface area contributed by atoms with Crippen molar-refractivity contribution in [2.45, 2.75) is 32.1 Å². The predicted molar refractivity (Wildman–Crippen MR) is 138 cm³/mol. The number of piperidine rings is 1. The highest BCUT2D eigenvalue weighted by Gasteiger charge is 2.42. The molecule has 2 aromatic carbocycles. The number of fused-ring (bicyclic) bond motifs is 1.